The second-order valence-electron chi connectivity index (χ2n) is 11.6. The van der Waals surface area contributed by atoms with Gasteiger partial charge in [-0.15, -0.1) is 0 Å². The Hall–Kier alpha value is -0.790. The number of allylic oxidation sites excluding steroid dienone is 1. The fourth-order valence-corrected chi connectivity index (χ4v) is 8.40. The van der Waals surface area contributed by atoms with Crippen LogP contribution >= 0.6 is 0 Å². The molecule has 0 saturated heterocycles. The van der Waals surface area contributed by atoms with Gasteiger partial charge in [0.15, 0.2) is 0 Å². The van der Waals surface area contributed by atoms with E-state index < -0.39 is 0 Å². The van der Waals surface area contributed by atoms with Gasteiger partial charge in [-0.2, -0.15) is 0 Å². The fraction of sp³-hybridized carbons (Fsp3) is 0.893. The Bertz CT molecular complexity index is 651. The van der Waals surface area contributed by atoms with E-state index in [1.54, 1.807) is 5.57 Å². The number of rotatable bonds is 7. The number of fused-ring (bicyclic) bond motifs is 5. The van der Waals surface area contributed by atoms with Crippen LogP contribution in [-0.4, -0.2) is 12.1 Å². The van der Waals surface area contributed by atoms with E-state index in [-0.39, 0.29) is 12.1 Å². The summed E-state index contributed by atoms with van der Waals surface area (Å²) in [4.78, 5) is 11.8. The molecule has 30 heavy (non-hydrogen) atoms. The van der Waals surface area contributed by atoms with Crippen molar-refractivity contribution in [2.24, 2.45) is 34.5 Å². The van der Waals surface area contributed by atoms with Gasteiger partial charge < -0.3 is 4.74 Å². The lowest BCUT2D eigenvalue weighted by Gasteiger charge is -2.58. The summed E-state index contributed by atoms with van der Waals surface area (Å²) in [6.07, 6.45) is 20.8. The van der Waals surface area contributed by atoms with E-state index in [1.165, 1.54) is 70.6 Å². The molecule has 0 aliphatic heterocycles. The summed E-state index contributed by atoms with van der Waals surface area (Å²) in [6, 6.07) is 0. The molecule has 0 heterocycles. The van der Waals surface area contributed by atoms with E-state index in [9.17, 15) is 4.79 Å². The fourth-order valence-electron chi connectivity index (χ4n) is 8.40. The quantitative estimate of drug-likeness (QED) is 0.241. The van der Waals surface area contributed by atoms with Gasteiger partial charge in [-0.3, -0.25) is 4.79 Å². The highest BCUT2D eigenvalue weighted by molar-refractivity contribution is 5.69. The first kappa shape index (κ1) is 22.4. The Balaban J connectivity index is 1.45. The minimum absolute atomic E-state index is 0.0257. The monoisotopic (exact) mass is 414 g/mol. The van der Waals surface area contributed by atoms with Crippen LogP contribution in [0, 0.1) is 34.5 Å². The van der Waals surface area contributed by atoms with E-state index in [0.717, 1.165) is 36.5 Å². The zero-order chi connectivity index (χ0) is 21.4. The molecule has 7 unspecified atom stereocenters. The summed E-state index contributed by atoms with van der Waals surface area (Å²) >= 11 is 0. The largest absolute Gasteiger partial charge is 0.462 e. The van der Waals surface area contributed by atoms with Gasteiger partial charge in [0.05, 0.1) is 0 Å². The van der Waals surface area contributed by atoms with Crippen molar-refractivity contribution < 1.29 is 9.53 Å². The van der Waals surface area contributed by atoms with Crippen molar-refractivity contribution in [3.8, 4) is 0 Å². The Kier molecular flexibility index (Phi) is 6.71. The Morgan fingerprint density at radius 1 is 1.03 bits per heavy atom. The third-order valence-electron chi connectivity index (χ3n) is 10.2. The highest BCUT2D eigenvalue weighted by Gasteiger charge is 2.58. The van der Waals surface area contributed by atoms with E-state index in [2.05, 4.69) is 26.8 Å². The normalized spacial score (nSPS) is 42.7. The maximum Gasteiger partial charge on any atom is 0.305 e. The van der Waals surface area contributed by atoms with Crippen LogP contribution in [0.1, 0.15) is 118 Å². The van der Waals surface area contributed by atoms with Gasteiger partial charge in [0.1, 0.15) is 6.10 Å². The molecule has 3 fully saturated rings. The lowest BCUT2D eigenvalue weighted by Crippen LogP contribution is -2.50. The van der Waals surface area contributed by atoms with Crippen molar-refractivity contribution in [1.29, 1.82) is 0 Å². The molecule has 2 heteroatoms. The summed E-state index contributed by atoms with van der Waals surface area (Å²) in [5.41, 5.74) is 2.59. The molecule has 0 aromatic rings. The van der Waals surface area contributed by atoms with Gasteiger partial charge in [0.25, 0.3) is 0 Å². The van der Waals surface area contributed by atoms with Gasteiger partial charge in [0, 0.05) is 12.8 Å². The third-order valence-corrected chi connectivity index (χ3v) is 10.2. The number of hydrogen-bond acceptors (Lipinski definition) is 2. The number of carbonyl (C=O) groups excluding carboxylic acids is 1. The van der Waals surface area contributed by atoms with Gasteiger partial charge in [-0.25, -0.2) is 0 Å². The molecule has 3 saturated carbocycles. The first-order valence-electron chi connectivity index (χ1n) is 13.3. The highest BCUT2D eigenvalue weighted by atomic mass is 16.5. The van der Waals surface area contributed by atoms with E-state index in [1.807, 2.05) is 6.92 Å². The van der Waals surface area contributed by atoms with Crippen molar-refractivity contribution in [2.75, 3.05) is 0 Å². The molecule has 0 aromatic carbocycles. The zero-order valence-corrected chi connectivity index (χ0v) is 20.2. The molecule has 4 aliphatic carbocycles. The first-order chi connectivity index (χ1) is 14.4. The molecular weight excluding hydrogens is 368 g/mol. The molecule has 0 aromatic heterocycles. The molecule has 170 valence electrons. The predicted octanol–water partition coefficient (Wildman–Crippen LogP) is 7.86. The van der Waals surface area contributed by atoms with Crippen LogP contribution in [-0.2, 0) is 9.53 Å². The first-order valence-corrected chi connectivity index (χ1v) is 13.3. The lowest BCUT2D eigenvalue weighted by atomic mass is 9.47. The highest BCUT2D eigenvalue weighted by Crippen LogP contribution is 2.66. The molecule has 4 rings (SSSR count). The third kappa shape index (κ3) is 3.90. The Morgan fingerprint density at radius 2 is 1.87 bits per heavy atom. The molecule has 0 amide bonds. The molecular formula is C28H46O2. The number of ether oxygens (including phenoxy) is 1. The van der Waals surface area contributed by atoms with Crippen LogP contribution in [0.3, 0.4) is 0 Å². The number of carbonyl (C=O) groups is 1. The standard InChI is InChI=1S/C28H46O2/c1-5-7-8-9-10-20-12-14-24-23-13-11-21-19-22(30-26(29)6-2)15-17-28(21,4)25(23)16-18-27(20,24)3/h11,20,22-25H,5-10,12-19H2,1-4H3. The SMILES string of the molecule is CCCCCCC1CCC2C3CC=C4CC(OC(=O)CC)CCC4(C)C3CCC12C. The molecule has 0 bridgehead atoms. The van der Waals surface area contributed by atoms with Crippen LogP contribution in [0.5, 0.6) is 0 Å². The van der Waals surface area contributed by atoms with Crippen LogP contribution in [0.25, 0.3) is 0 Å². The predicted molar refractivity (Wildman–Crippen MR) is 124 cm³/mol. The summed E-state index contributed by atoms with van der Waals surface area (Å²) in [5.74, 6) is 3.65. The van der Waals surface area contributed by atoms with Crippen LogP contribution < -0.4 is 0 Å². The number of hydrogen-bond donors (Lipinski definition) is 0. The average Bonchev–Trinajstić information content (AvgIpc) is 3.07. The average molecular weight is 415 g/mol. The van der Waals surface area contributed by atoms with Crippen molar-refractivity contribution >= 4 is 5.97 Å². The number of unbranched alkanes of at least 4 members (excludes halogenated alkanes) is 3. The van der Waals surface area contributed by atoms with Gasteiger partial charge in [0.2, 0.25) is 0 Å². The summed E-state index contributed by atoms with van der Waals surface area (Å²) < 4.78 is 5.74. The molecule has 0 radical (unpaired) electrons. The van der Waals surface area contributed by atoms with Crippen LogP contribution in [0.2, 0.25) is 0 Å². The van der Waals surface area contributed by atoms with E-state index >= 15 is 0 Å². The van der Waals surface area contributed by atoms with Crippen LogP contribution in [0.4, 0.5) is 0 Å². The van der Waals surface area contributed by atoms with Crippen molar-refractivity contribution in [2.45, 2.75) is 124 Å². The minimum atomic E-state index is -0.0257. The second kappa shape index (κ2) is 8.99. The van der Waals surface area contributed by atoms with Crippen molar-refractivity contribution in [3.63, 3.8) is 0 Å². The maximum absolute atomic E-state index is 11.8. The summed E-state index contributed by atoms with van der Waals surface area (Å²) in [7, 11) is 0. The Labute approximate surface area is 185 Å². The molecule has 2 nitrogen and oxygen atoms in total. The molecule has 7 atom stereocenters. The van der Waals surface area contributed by atoms with Gasteiger partial charge >= 0.3 is 5.97 Å². The molecule has 0 N–H and O–H groups in total. The van der Waals surface area contributed by atoms with Gasteiger partial charge in [-0.1, -0.05) is 65.0 Å². The Morgan fingerprint density at radius 3 is 2.63 bits per heavy atom. The van der Waals surface area contributed by atoms with E-state index in [4.69, 9.17) is 4.74 Å². The van der Waals surface area contributed by atoms with Crippen molar-refractivity contribution in [3.05, 3.63) is 11.6 Å². The molecule has 0 spiro atoms. The topological polar surface area (TPSA) is 26.3 Å². The molecule has 4 aliphatic rings. The summed E-state index contributed by atoms with van der Waals surface area (Å²) in [5, 5.41) is 0. The van der Waals surface area contributed by atoms with E-state index in [0.29, 0.717) is 17.3 Å². The number of esters is 1. The second-order valence-corrected chi connectivity index (χ2v) is 11.6. The van der Waals surface area contributed by atoms with Crippen molar-refractivity contribution in [1.82, 2.24) is 0 Å². The summed E-state index contributed by atoms with van der Waals surface area (Å²) in [6.45, 7) is 9.46. The smallest absolute Gasteiger partial charge is 0.305 e. The van der Waals surface area contributed by atoms with Gasteiger partial charge in [-0.05, 0) is 85.9 Å². The zero-order valence-electron chi connectivity index (χ0n) is 20.2. The minimum Gasteiger partial charge on any atom is -0.462 e. The maximum atomic E-state index is 11.8. The van der Waals surface area contributed by atoms with Crippen LogP contribution in [0.15, 0.2) is 11.6 Å². The lowest BCUT2D eigenvalue weighted by molar-refractivity contribution is -0.151.